The fourth-order valence-electron chi connectivity index (χ4n) is 6.89. The van der Waals surface area contributed by atoms with Gasteiger partial charge in [0.1, 0.15) is 36.3 Å². The van der Waals surface area contributed by atoms with Crippen molar-refractivity contribution >= 4 is 53.2 Å². The molecule has 61 heavy (non-hydrogen) atoms. The van der Waals surface area contributed by atoms with E-state index in [2.05, 4.69) is 46.5 Å². The molecule has 0 saturated carbocycles. The quantitative estimate of drug-likeness (QED) is 0.0430. The smallest absolute Gasteiger partial charge is 0.326 e. The van der Waals surface area contributed by atoms with Crippen molar-refractivity contribution in [3.63, 3.8) is 0 Å². The Morgan fingerprint density at radius 1 is 0.770 bits per heavy atom. The Hall–Kier alpha value is -5.06. The Bertz CT molecular complexity index is 1700. The zero-order valence-corrected chi connectivity index (χ0v) is 36.1. The molecule has 0 bridgehead atoms. The van der Waals surface area contributed by atoms with E-state index in [9.17, 15) is 38.7 Å². The molecule has 22 heteroatoms. The number of aromatic amines is 2. The van der Waals surface area contributed by atoms with Crippen LogP contribution in [0.1, 0.15) is 83.0 Å². The Morgan fingerprint density at radius 3 is 1.85 bits per heavy atom. The van der Waals surface area contributed by atoms with Crippen molar-refractivity contribution in [1.29, 1.82) is 0 Å². The van der Waals surface area contributed by atoms with Gasteiger partial charge in [-0.25, -0.2) is 14.8 Å². The monoisotopic (exact) mass is 875 g/mol. The molecule has 7 atom stereocenters. The van der Waals surface area contributed by atoms with Gasteiger partial charge in [0, 0.05) is 43.2 Å². The highest BCUT2D eigenvalue weighted by atomic mass is 32.2. The number of carbonyl (C=O) groups excluding carboxylic acids is 6. The minimum Gasteiger partial charge on any atom is -0.480 e. The molecule has 2 aromatic heterocycles. The standard InChI is InChI=1S/C39H65N13O8S/c1-23(2)32(51-36(56)29(17-24-19-43-21-45-24)49-33(53)26(42)9-4-6-13-40)38(58)52-15-8-11-31(52)37(57)48-27(10-5-7-14-41)34(54)47-28(12-16-61-3)35(55)50-30(39(59)60)18-25-20-44-22-46-25/h19-23,26-32H,4-18,40-42H2,1-3H3,(H,43,45)(H,44,46)(H,47,54)(H,48,57)(H,49,53)(H,50,55)(H,51,56)(H,59,60)/t26-,27-,28-,29-,30-,31-,32-/m0/s1. The van der Waals surface area contributed by atoms with Gasteiger partial charge in [0.05, 0.1) is 18.7 Å². The van der Waals surface area contributed by atoms with Crippen LogP contribution in [0, 0.1) is 5.92 Å². The van der Waals surface area contributed by atoms with E-state index < -0.39 is 89.6 Å². The van der Waals surface area contributed by atoms with E-state index in [1.807, 2.05) is 6.26 Å². The molecule has 0 spiro atoms. The molecule has 14 N–H and O–H groups in total. The van der Waals surface area contributed by atoms with E-state index in [1.165, 1.54) is 41.7 Å². The number of rotatable bonds is 28. The highest BCUT2D eigenvalue weighted by Gasteiger charge is 2.41. The second-order valence-corrected chi connectivity index (χ2v) is 16.5. The highest BCUT2D eigenvalue weighted by Crippen LogP contribution is 2.21. The van der Waals surface area contributed by atoms with Crippen molar-refractivity contribution in [2.24, 2.45) is 23.1 Å². The summed E-state index contributed by atoms with van der Waals surface area (Å²) in [4.78, 5) is 110. The van der Waals surface area contributed by atoms with E-state index in [0.29, 0.717) is 75.2 Å². The first-order chi connectivity index (χ1) is 29.2. The number of aromatic nitrogens is 4. The molecular formula is C39H65N13O8S. The molecule has 0 aromatic carbocycles. The summed E-state index contributed by atoms with van der Waals surface area (Å²) in [5.74, 6) is -4.84. The molecule has 1 fully saturated rings. The third kappa shape index (κ3) is 16.4. The maximum absolute atomic E-state index is 14.3. The lowest BCUT2D eigenvalue weighted by Crippen LogP contribution is -2.60. The Labute approximate surface area is 360 Å². The van der Waals surface area contributed by atoms with Crippen molar-refractivity contribution in [1.82, 2.24) is 51.4 Å². The summed E-state index contributed by atoms with van der Waals surface area (Å²) in [6, 6.07) is -7.58. The number of nitrogens with zero attached hydrogens (tertiary/aromatic N) is 3. The first-order valence-corrected chi connectivity index (χ1v) is 22.2. The van der Waals surface area contributed by atoms with Crippen LogP contribution in [-0.4, -0.2) is 145 Å². The number of carbonyl (C=O) groups is 7. The lowest BCUT2D eigenvalue weighted by Gasteiger charge is -2.32. The van der Waals surface area contributed by atoms with Crippen LogP contribution in [0.15, 0.2) is 25.0 Å². The van der Waals surface area contributed by atoms with E-state index >= 15 is 0 Å². The molecule has 2 aromatic rings. The number of thioether (sulfide) groups is 1. The molecule has 1 saturated heterocycles. The Balaban J connectivity index is 1.76. The van der Waals surface area contributed by atoms with Crippen LogP contribution in [0.2, 0.25) is 0 Å². The number of aliphatic carboxylic acids is 1. The summed E-state index contributed by atoms with van der Waals surface area (Å²) < 4.78 is 0. The number of carboxylic acids is 1. The number of amides is 6. The minimum absolute atomic E-state index is 0.0412. The summed E-state index contributed by atoms with van der Waals surface area (Å²) >= 11 is 1.44. The first-order valence-electron chi connectivity index (χ1n) is 20.8. The molecule has 0 radical (unpaired) electrons. The fourth-order valence-corrected chi connectivity index (χ4v) is 7.36. The Morgan fingerprint density at radius 2 is 1.31 bits per heavy atom. The van der Waals surface area contributed by atoms with Crippen molar-refractivity contribution < 1.29 is 38.7 Å². The predicted molar refractivity (Wildman–Crippen MR) is 228 cm³/mol. The number of H-pyrrole nitrogens is 2. The number of nitrogens with two attached hydrogens (primary N) is 3. The average Bonchev–Trinajstić information content (AvgIpc) is 4.04. The van der Waals surface area contributed by atoms with Crippen molar-refractivity contribution in [3.05, 3.63) is 36.4 Å². The van der Waals surface area contributed by atoms with Gasteiger partial charge >= 0.3 is 5.97 Å². The van der Waals surface area contributed by atoms with E-state index in [-0.39, 0.29) is 32.2 Å². The lowest BCUT2D eigenvalue weighted by atomic mass is 10.0. The maximum Gasteiger partial charge on any atom is 0.326 e. The third-order valence-corrected chi connectivity index (χ3v) is 11.0. The van der Waals surface area contributed by atoms with Crippen molar-refractivity contribution in [3.8, 4) is 0 Å². The zero-order chi connectivity index (χ0) is 44.9. The van der Waals surface area contributed by atoms with Crippen LogP contribution < -0.4 is 43.8 Å². The normalized spacial score (nSPS) is 16.8. The van der Waals surface area contributed by atoms with Gasteiger partial charge in [-0.1, -0.05) is 20.3 Å². The predicted octanol–water partition coefficient (Wildman–Crippen LogP) is -1.59. The highest BCUT2D eigenvalue weighted by molar-refractivity contribution is 7.98. The number of unbranched alkanes of at least 4 members (excludes halogenated alkanes) is 2. The van der Waals surface area contributed by atoms with Gasteiger partial charge in [0.2, 0.25) is 35.4 Å². The van der Waals surface area contributed by atoms with Crippen LogP contribution in [-0.2, 0) is 46.4 Å². The third-order valence-electron chi connectivity index (χ3n) is 10.4. The first kappa shape index (κ1) is 50.3. The van der Waals surface area contributed by atoms with Crippen LogP contribution in [0.3, 0.4) is 0 Å². The molecule has 21 nitrogen and oxygen atoms in total. The SMILES string of the molecule is CSCC[C@H](NC(=O)[C@H](CCCCN)NC(=O)[C@@H]1CCCN1C(=O)[C@@H](NC(=O)[C@H](Cc1cnc[nH]1)NC(=O)[C@@H](N)CCCCN)C(C)C)C(=O)N[C@@H](Cc1cnc[nH]1)C(=O)O. The Kier molecular flexibility index (Phi) is 21.7. The number of hydrogen-bond donors (Lipinski definition) is 11. The van der Waals surface area contributed by atoms with Gasteiger partial charge in [-0.3, -0.25) is 28.8 Å². The second-order valence-electron chi connectivity index (χ2n) is 15.5. The van der Waals surface area contributed by atoms with Gasteiger partial charge in [-0.2, -0.15) is 11.8 Å². The van der Waals surface area contributed by atoms with Crippen molar-refractivity contribution in [2.75, 3.05) is 31.6 Å². The number of carboxylic acid groups (broad SMARTS) is 1. The summed E-state index contributed by atoms with van der Waals surface area (Å²) in [6.07, 6.45) is 11.5. The van der Waals surface area contributed by atoms with Crippen LogP contribution >= 0.6 is 11.8 Å². The maximum atomic E-state index is 14.3. The number of nitrogens with one attached hydrogen (secondary N) is 7. The van der Waals surface area contributed by atoms with E-state index in [0.717, 1.165) is 0 Å². The summed E-state index contributed by atoms with van der Waals surface area (Å²) in [6.45, 7) is 4.52. The summed E-state index contributed by atoms with van der Waals surface area (Å²) in [5, 5.41) is 23.4. The molecule has 0 unspecified atom stereocenters. The van der Waals surface area contributed by atoms with E-state index in [1.54, 1.807) is 13.8 Å². The molecule has 3 heterocycles. The topological polar surface area (TPSA) is 339 Å². The number of likely N-dealkylation sites (tertiary alicyclic amines) is 1. The minimum atomic E-state index is -1.30. The van der Waals surface area contributed by atoms with E-state index in [4.69, 9.17) is 17.2 Å². The fraction of sp³-hybridized carbons (Fsp3) is 0.667. The molecule has 0 aliphatic carbocycles. The largest absolute Gasteiger partial charge is 0.480 e. The van der Waals surface area contributed by atoms with Gasteiger partial charge in [-0.15, -0.1) is 0 Å². The van der Waals surface area contributed by atoms with Crippen LogP contribution in [0.25, 0.3) is 0 Å². The summed E-state index contributed by atoms with van der Waals surface area (Å²) in [7, 11) is 0. The average molecular weight is 876 g/mol. The van der Waals surface area contributed by atoms with Crippen molar-refractivity contribution in [2.45, 2.75) is 127 Å². The number of hydrogen-bond acceptors (Lipinski definition) is 13. The molecule has 6 amide bonds. The van der Waals surface area contributed by atoms with Gasteiger partial charge in [0.25, 0.3) is 0 Å². The van der Waals surface area contributed by atoms with Gasteiger partial charge < -0.3 is 63.8 Å². The molecular weight excluding hydrogens is 811 g/mol. The molecule has 1 aliphatic heterocycles. The van der Waals surface area contributed by atoms with Crippen LogP contribution in [0.4, 0.5) is 0 Å². The lowest BCUT2D eigenvalue weighted by molar-refractivity contribution is -0.143. The number of imidazole rings is 2. The molecule has 1 aliphatic rings. The molecule has 3 rings (SSSR count). The second kappa shape index (κ2) is 26.3. The van der Waals surface area contributed by atoms with Crippen LogP contribution in [0.5, 0.6) is 0 Å². The zero-order valence-electron chi connectivity index (χ0n) is 35.3. The van der Waals surface area contributed by atoms with Gasteiger partial charge in [-0.05, 0) is 82.4 Å². The summed E-state index contributed by atoms with van der Waals surface area (Å²) in [5.41, 5.74) is 18.5. The molecule has 340 valence electrons. The van der Waals surface area contributed by atoms with Gasteiger partial charge in [0.15, 0.2) is 0 Å².